The predicted molar refractivity (Wildman–Crippen MR) is 238 cm³/mol. The van der Waals surface area contributed by atoms with Gasteiger partial charge in [0.25, 0.3) is 0 Å². The summed E-state index contributed by atoms with van der Waals surface area (Å²) in [5, 5.41) is 9.22. The number of hydrogen-bond acceptors (Lipinski definition) is 4. The fraction of sp³-hybridized carbons (Fsp3) is 0. The maximum absolute atomic E-state index is 6.44. The normalized spacial score (nSPS) is 11.8. The highest BCUT2D eigenvalue weighted by molar-refractivity contribution is 6.24. The van der Waals surface area contributed by atoms with Gasteiger partial charge in [-0.3, -0.25) is 4.57 Å². The third-order valence-electron chi connectivity index (χ3n) is 11.5. The molecule has 0 radical (unpaired) electrons. The molecule has 0 unspecified atom stereocenters. The number of nitrogens with zero attached hydrogens (tertiary/aromatic N) is 4. The first-order valence-electron chi connectivity index (χ1n) is 19.5. The van der Waals surface area contributed by atoms with Crippen LogP contribution in [0, 0.1) is 0 Å². The summed E-state index contributed by atoms with van der Waals surface area (Å²) in [4.78, 5) is 15.7. The molecule has 3 heterocycles. The standard InChI is InChI=1S/C53H32N4O/c1-3-12-33(13-4-1)34-22-24-38(25-23-34)52-54-51(37-16-5-2-6-17-37)55-53(56-52)57-45-29-26-35-14-7-9-18-40(35)48(45)43-21-11-20-42(50(43)57)39-28-30-46-44(32-39)49-41-19-10-8-15-36(41)27-31-47(49)58-46/h1-32H. The molecular formula is C53H32N4O. The van der Waals surface area contributed by atoms with Crippen LogP contribution in [-0.2, 0) is 0 Å². The Kier molecular flexibility index (Phi) is 7.16. The molecule has 0 N–H and O–H groups in total. The van der Waals surface area contributed by atoms with Gasteiger partial charge in [0.2, 0.25) is 5.95 Å². The van der Waals surface area contributed by atoms with Crippen molar-refractivity contribution in [2.75, 3.05) is 0 Å². The highest BCUT2D eigenvalue weighted by Crippen LogP contribution is 2.43. The van der Waals surface area contributed by atoms with Crippen LogP contribution in [0.3, 0.4) is 0 Å². The molecule has 0 bridgehead atoms. The van der Waals surface area contributed by atoms with Gasteiger partial charge in [-0.2, -0.15) is 9.97 Å². The minimum Gasteiger partial charge on any atom is -0.456 e. The molecule has 0 saturated carbocycles. The average molecular weight is 741 g/mol. The molecule has 12 aromatic rings. The van der Waals surface area contributed by atoms with E-state index in [0.29, 0.717) is 17.6 Å². The summed E-state index contributed by atoms with van der Waals surface area (Å²) in [6.45, 7) is 0. The molecule has 5 heteroatoms. The Hall–Kier alpha value is -7.89. The maximum atomic E-state index is 6.44. The number of para-hydroxylation sites is 1. The molecule has 0 spiro atoms. The van der Waals surface area contributed by atoms with Crippen LogP contribution in [0.4, 0.5) is 0 Å². The summed E-state index contributed by atoms with van der Waals surface area (Å²) in [6.07, 6.45) is 0. The second-order valence-corrected chi connectivity index (χ2v) is 14.8. The summed E-state index contributed by atoms with van der Waals surface area (Å²) >= 11 is 0. The van der Waals surface area contributed by atoms with Crippen molar-refractivity contribution < 1.29 is 4.42 Å². The monoisotopic (exact) mass is 740 g/mol. The quantitative estimate of drug-likeness (QED) is 0.176. The van der Waals surface area contributed by atoms with Crippen molar-refractivity contribution >= 4 is 65.3 Å². The summed E-state index contributed by atoms with van der Waals surface area (Å²) in [5.74, 6) is 1.77. The van der Waals surface area contributed by atoms with Crippen LogP contribution in [-0.4, -0.2) is 19.5 Å². The van der Waals surface area contributed by atoms with Crippen molar-refractivity contribution in [3.05, 3.63) is 194 Å². The summed E-state index contributed by atoms with van der Waals surface area (Å²) in [6, 6.07) is 68.0. The van der Waals surface area contributed by atoms with Gasteiger partial charge < -0.3 is 4.42 Å². The van der Waals surface area contributed by atoms with Crippen LogP contribution >= 0.6 is 0 Å². The lowest BCUT2D eigenvalue weighted by atomic mass is 9.97. The van der Waals surface area contributed by atoms with Gasteiger partial charge in [0, 0.05) is 38.2 Å². The van der Waals surface area contributed by atoms with Gasteiger partial charge in [-0.15, -0.1) is 0 Å². The van der Waals surface area contributed by atoms with E-state index in [4.69, 9.17) is 19.4 Å². The zero-order valence-corrected chi connectivity index (χ0v) is 31.2. The number of benzene rings is 9. The van der Waals surface area contributed by atoms with Crippen LogP contribution in [0.1, 0.15) is 0 Å². The second-order valence-electron chi connectivity index (χ2n) is 14.8. The Morgan fingerprint density at radius 3 is 1.66 bits per heavy atom. The topological polar surface area (TPSA) is 56.7 Å². The lowest BCUT2D eigenvalue weighted by molar-refractivity contribution is 0.669. The van der Waals surface area contributed by atoms with Crippen LogP contribution in [0.25, 0.3) is 116 Å². The van der Waals surface area contributed by atoms with Crippen molar-refractivity contribution in [2.24, 2.45) is 0 Å². The van der Waals surface area contributed by atoms with Gasteiger partial charge in [0.05, 0.1) is 11.0 Å². The van der Waals surface area contributed by atoms with E-state index in [-0.39, 0.29) is 0 Å². The van der Waals surface area contributed by atoms with E-state index in [1.54, 1.807) is 0 Å². The molecule has 12 rings (SSSR count). The molecule has 0 aliphatic heterocycles. The van der Waals surface area contributed by atoms with Gasteiger partial charge in [-0.05, 0) is 62.5 Å². The zero-order valence-electron chi connectivity index (χ0n) is 31.2. The van der Waals surface area contributed by atoms with Crippen molar-refractivity contribution in [1.29, 1.82) is 0 Å². The minimum atomic E-state index is 0.555. The van der Waals surface area contributed by atoms with Crippen LogP contribution < -0.4 is 0 Å². The number of rotatable bonds is 5. The van der Waals surface area contributed by atoms with E-state index in [1.807, 2.05) is 24.3 Å². The Morgan fingerprint density at radius 1 is 0.362 bits per heavy atom. The summed E-state index contributed by atoms with van der Waals surface area (Å²) in [5.41, 5.74) is 10.1. The zero-order chi connectivity index (χ0) is 38.2. The molecule has 0 fully saturated rings. The molecule has 3 aromatic heterocycles. The Bertz CT molecular complexity index is 3550. The first kappa shape index (κ1) is 32.4. The van der Waals surface area contributed by atoms with Gasteiger partial charge in [-0.25, -0.2) is 4.98 Å². The number of fused-ring (bicyclic) bond motifs is 10. The lowest BCUT2D eigenvalue weighted by Gasteiger charge is -2.13. The van der Waals surface area contributed by atoms with E-state index in [9.17, 15) is 0 Å². The first-order chi connectivity index (χ1) is 28.7. The molecule has 0 aliphatic rings. The predicted octanol–water partition coefficient (Wildman–Crippen LogP) is 13.8. The fourth-order valence-corrected chi connectivity index (χ4v) is 8.74. The molecule has 270 valence electrons. The molecule has 58 heavy (non-hydrogen) atoms. The smallest absolute Gasteiger partial charge is 0.238 e. The van der Waals surface area contributed by atoms with Crippen molar-refractivity contribution in [3.63, 3.8) is 0 Å². The van der Waals surface area contributed by atoms with Gasteiger partial charge in [0.1, 0.15) is 11.2 Å². The van der Waals surface area contributed by atoms with Crippen LogP contribution in [0.15, 0.2) is 199 Å². The number of furan rings is 1. The Balaban J connectivity index is 1.15. The summed E-state index contributed by atoms with van der Waals surface area (Å²) in [7, 11) is 0. The van der Waals surface area contributed by atoms with Gasteiger partial charge >= 0.3 is 0 Å². The van der Waals surface area contributed by atoms with E-state index >= 15 is 0 Å². The van der Waals surface area contributed by atoms with E-state index in [2.05, 4.69) is 174 Å². The fourth-order valence-electron chi connectivity index (χ4n) is 8.74. The molecule has 0 atom stereocenters. The van der Waals surface area contributed by atoms with Crippen LogP contribution in [0.2, 0.25) is 0 Å². The van der Waals surface area contributed by atoms with Crippen LogP contribution in [0.5, 0.6) is 0 Å². The highest BCUT2D eigenvalue weighted by Gasteiger charge is 2.22. The molecular weight excluding hydrogens is 709 g/mol. The SMILES string of the molecule is c1ccc(-c2ccc(-c3nc(-c4ccccc4)nc(-n4c5ccc6ccccc6c5c5cccc(-c6ccc7oc8ccc9ccccc9c8c7c6)c54)n3)cc2)cc1. The summed E-state index contributed by atoms with van der Waals surface area (Å²) < 4.78 is 8.68. The maximum Gasteiger partial charge on any atom is 0.238 e. The number of aromatic nitrogens is 4. The Morgan fingerprint density at radius 2 is 0.914 bits per heavy atom. The lowest BCUT2D eigenvalue weighted by Crippen LogP contribution is -2.07. The largest absolute Gasteiger partial charge is 0.456 e. The van der Waals surface area contributed by atoms with Crippen molar-refractivity contribution in [1.82, 2.24) is 19.5 Å². The molecule has 0 saturated heterocycles. The third-order valence-corrected chi connectivity index (χ3v) is 11.5. The highest BCUT2D eigenvalue weighted by atomic mass is 16.3. The molecule has 0 aliphatic carbocycles. The van der Waals surface area contributed by atoms with Crippen molar-refractivity contribution in [2.45, 2.75) is 0 Å². The van der Waals surface area contributed by atoms with E-state index in [1.165, 1.54) is 21.5 Å². The average Bonchev–Trinajstić information content (AvgIpc) is 3.86. The molecule has 0 amide bonds. The second kappa shape index (κ2) is 12.8. The van der Waals surface area contributed by atoms with Gasteiger partial charge in [0.15, 0.2) is 11.6 Å². The minimum absolute atomic E-state index is 0.555. The number of hydrogen-bond donors (Lipinski definition) is 0. The third kappa shape index (κ3) is 5.07. The van der Waals surface area contributed by atoms with E-state index in [0.717, 1.165) is 77.1 Å². The first-order valence-corrected chi connectivity index (χ1v) is 19.5. The van der Waals surface area contributed by atoms with E-state index < -0.39 is 0 Å². The molecule has 5 nitrogen and oxygen atoms in total. The van der Waals surface area contributed by atoms with Gasteiger partial charge in [-0.1, -0.05) is 170 Å². The Labute approximate surface area is 333 Å². The molecule has 9 aromatic carbocycles. The van der Waals surface area contributed by atoms with Crippen molar-refractivity contribution in [3.8, 4) is 51.0 Å².